The number of aromatic nitrogens is 2. The van der Waals surface area contributed by atoms with Gasteiger partial charge in [0, 0.05) is 50.7 Å². The van der Waals surface area contributed by atoms with Gasteiger partial charge in [-0.3, -0.25) is 14.9 Å². The van der Waals surface area contributed by atoms with E-state index in [4.69, 9.17) is 4.42 Å². The number of rotatable bonds is 7. The third-order valence-corrected chi connectivity index (χ3v) is 5.74. The molecular weight excluding hydrogens is 467 g/mol. The van der Waals surface area contributed by atoms with Crippen LogP contribution in [0, 0.1) is 10.1 Å². The number of amides is 1. The number of benzene rings is 2. The number of anilines is 1. The predicted molar refractivity (Wildman–Crippen MR) is 120 cm³/mol. The second kappa shape index (κ2) is 10.1. The van der Waals surface area contributed by atoms with Gasteiger partial charge in [0.05, 0.1) is 10.5 Å². The molecule has 0 unspecified atom stereocenters. The Balaban J connectivity index is 1.29. The largest absolute Gasteiger partial charge is 0.421 e. The molecule has 1 aliphatic heterocycles. The number of hydrogen-bond acceptors (Lipinski definition) is 7. The molecule has 1 saturated heterocycles. The van der Waals surface area contributed by atoms with Crippen molar-refractivity contribution in [1.82, 2.24) is 15.1 Å². The van der Waals surface area contributed by atoms with Crippen molar-refractivity contribution in [2.75, 3.05) is 31.1 Å². The van der Waals surface area contributed by atoms with Crippen molar-refractivity contribution in [3.05, 3.63) is 70.1 Å². The fraction of sp³-hybridized carbons (Fsp3) is 0.348. The highest BCUT2D eigenvalue weighted by Crippen LogP contribution is 2.36. The second-order valence-electron chi connectivity index (χ2n) is 8.05. The maximum absolute atomic E-state index is 12.9. The molecular formula is C23H22F3N5O4. The molecule has 0 saturated carbocycles. The minimum Gasteiger partial charge on any atom is -0.421 e. The van der Waals surface area contributed by atoms with Crippen LogP contribution in [0.1, 0.15) is 24.3 Å². The van der Waals surface area contributed by atoms with E-state index in [1.807, 2.05) is 30.3 Å². The Morgan fingerprint density at radius 1 is 1.06 bits per heavy atom. The maximum Gasteiger partial charge on any atom is 0.416 e. The van der Waals surface area contributed by atoms with Gasteiger partial charge in [0.25, 0.3) is 5.69 Å². The normalized spacial score (nSPS) is 14.3. The second-order valence-corrected chi connectivity index (χ2v) is 8.05. The average molecular weight is 489 g/mol. The summed E-state index contributed by atoms with van der Waals surface area (Å²) in [5.74, 6) is 0.783. The number of halogens is 3. The van der Waals surface area contributed by atoms with Crippen molar-refractivity contribution >= 4 is 17.3 Å². The number of carbonyl (C=O) groups is 1. The maximum atomic E-state index is 12.9. The fourth-order valence-corrected chi connectivity index (χ4v) is 3.91. The van der Waals surface area contributed by atoms with Crippen molar-refractivity contribution in [2.24, 2.45) is 0 Å². The van der Waals surface area contributed by atoms with Crippen LogP contribution in [0.4, 0.5) is 24.5 Å². The Labute approximate surface area is 198 Å². The van der Waals surface area contributed by atoms with Crippen LogP contribution in [0.3, 0.4) is 0 Å². The van der Waals surface area contributed by atoms with Gasteiger partial charge in [-0.1, -0.05) is 18.2 Å². The first-order valence-electron chi connectivity index (χ1n) is 11.0. The number of nitrogens with zero attached hydrogens (tertiary/aromatic N) is 5. The highest BCUT2D eigenvalue weighted by atomic mass is 19.4. The lowest BCUT2D eigenvalue weighted by Crippen LogP contribution is -2.48. The van der Waals surface area contributed by atoms with Crippen molar-refractivity contribution in [3.63, 3.8) is 0 Å². The summed E-state index contributed by atoms with van der Waals surface area (Å²) in [5, 5.41) is 19.4. The SMILES string of the molecule is O=C(CCCc1nnc(-c2ccccc2)o1)N1CCN(c2ccc(C(F)(F)F)cc2[N+](=O)[O-])CC1. The Morgan fingerprint density at radius 2 is 1.77 bits per heavy atom. The van der Waals surface area contributed by atoms with Gasteiger partial charge in [0.1, 0.15) is 5.69 Å². The van der Waals surface area contributed by atoms with E-state index in [2.05, 4.69) is 10.2 Å². The first kappa shape index (κ1) is 24.2. The lowest BCUT2D eigenvalue weighted by molar-refractivity contribution is -0.384. The standard InChI is InChI=1S/C23H22F3N5O4/c24-23(25,26)17-9-10-18(19(15-17)31(33)34)29-11-13-30(14-12-29)21(32)8-4-7-20-27-28-22(35-20)16-5-2-1-3-6-16/h1-3,5-6,9-10,15H,4,7-8,11-14H2. The number of piperazine rings is 1. The lowest BCUT2D eigenvalue weighted by atomic mass is 10.1. The van der Waals surface area contributed by atoms with Gasteiger partial charge in [-0.05, 0) is 30.7 Å². The highest BCUT2D eigenvalue weighted by molar-refractivity contribution is 5.76. The van der Waals surface area contributed by atoms with Crippen LogP contribution in [0.25, 0.3) is 11.5 Å². The minimum atomic E-state index is -4.67. The van der Waals surface area contributed by atoms with Crippen LogP contribution in [0.5, 0.6) is 0 Å². The Morgan fingerprint density at radius 3 is 2.43 bits per heavy atom. The van der Waals surface area contributed by atoms with Gasteiger partial charge in [0.15, 0.2) is 0 Å². The number of carbonyl (C=O) groups excluding carboxylic acids is 1. The molecule has 1 aromatic heterocycles. The van der Waals surface area contributed by atoms with Crippen LogP contribution in [-0.2, 0) is 17.4 Å². The zero-order chi connectivity index (χ0) is 25.0. The zero-order valence-electron chi connectivity index (χ0n) is 18.6. The molecule has 0 bridgehead atoms. The molecule has 35 heavy (non-hydrogen) atoms. The van der Waals surface area contributed by atoms with E-state index in [1.165, 1.54) is 0 Å². The summed E-state index contributed by atoms with van der Waals surface area (Å²) in [6.07, 6.45) is -3.44. The van der Waals surface area contributed by atoms with Crippen LogP contribution in [0.15, 0.2) is 52.9 Å². The molecule has 0 atom stereocenters. The zero-order valence-corrected chi connectivity index (χ0v) is 18.6. The van der Waals surface area contributed by atoms with Gasteiger partial charge >= 0.3 is 6.18 Å². The Kier molecular flexibility index (Phi) is 6.99. The number of aryl methyl sites for hydroxylation is 1. The Hall–Kier alpha value is -3.96. The molecule has 0 spiro atoms. The summed E-state index contributed by atoms with van der Waals surface area (Å²) in [7, 11) is 0. The van der Waals surface area contributed by atoms with Crippen molar-refractivity contribution in [3.8, 4) is 11.5 Å². The third kappa shape index (κ3) is 5.76. The van der Waals surface area contributed by atoms with E-state index in [0.717, 1.165) is 17.7 Å². The molecule has 0 aliphatic carbocycles. The molecule has 12 heteroatoms. The van der Waals surface area contributed by atoms with Gasteiger partial charge < -0.3 is 14.2 Å². The van der Waals surface area contributed by atoms with Gasteiger partial charge in [-0.25, -0.2) is 0 Å². The van der Waals surface area contributed by atoms with Gasteiger partial charge in [0.2, 0.25) is 17.7 Å². The molecule has 0 N–H and O–H groups in total. The number of nitro benzene ring substituents is 1. The van der Waals surface area contributed by atoms with Crippen LogP contribution < -0.4 is 4.90 Å². The first-order chi connectivity index (χ1) is 16.7. The monoisotopic (exact) mass is 489 g/mol. The van der Waals surface area contributed by atoms with Crippen molar-refractivity contribution < 1.29 is 27.3 Å². The van der Waals surface area contributed by atoms with Crippen LogP contribution >= 0.6 is 0 Å². The quantitative estimate of drug-likeness (QED) is 0.359. The molecule has 2 aromatic carbocycles. The number of nitro groups is 1. The first-order valence-corrected chi connectivity index (χ1v) is 11.0. The van der Waals surface area contributed by atoms with E-state index in [-0.39, 0.29) is 31.1 Å². The molecule has 184 valence electrons. The molecule has 4 rings (SSSR count). The molecule has 1 aliphatic rings. The smallest absolute Gasteiger partial charge is 0.416 e. The van der Waals surface area contributed by atoms with E-state index < -0.39 is 22.4 Å². The van der Waals surface area contributed by atoms with E-state index in [9.17, 15) is 28.1 Å². The molecule has 2 heterocycles. The summed E-state index contributed by atoms with van der Waals surface area (Å²) in [5.41, 5.74) is -0.748. The van der Waals surface area contributed by atoms with Crippen LogP contribution in [0.2, 0.25) is 0 Å². The summed E-state index contributed by atoms with van der Waals surface area (Å²) in [6.45, 7) is 1.19. The molecule has 9 nitrogen and oxygen atoms in total. The van der Waals surface area contributed by atoms with E-state index in [1.54, 1.807) is 9.80 Å². The average Bonchev–Trinajstić information content (AvgIpc) is 3.32. The van der Waals surface area contributed by atoms with Gasteiger partial charge in [-0.15, -0.1) is 10.2 Å². The fourth-order valence-electron chi connectivity index (χ4n) is 3.91. The summed E-state index contributed by atoms with van der Waals surface area (Å²) in [6, 6.07) is 11.8. The minimum absolute atomic E-state index is 0.0747. The molecule has 1 amide bonds. The predicted octanol–water partition coefficient (Wildman–Crippen LogP) is 4.34. The van der Waals surface area contributed by atoms with Crippen molar-refractivity contribution in [2.45, 2.75) is 25.4 Å². The van der Waals surface area contributed by atoms with Crippen LogP contribution in [-0.4, -0.2) is 52.1 Å². The third-order valence-electron chi connectivity index (χ3n) is 5.74. The lowest BCUT2D eigenvalue weighted by Gasteiger charge is -2.36. The molecule has 1 fully saturated rings. The summed E-state index contributed by atoms with van der Waals surface area (Å²) in [4.78, 5) is 26.4. The van der Waals surface area contributed by atoms with Crippen molar-refractivity contribution in [1.29, 1.82) is 0 Å². The topological polar surface area (TPSA) is 106 Å². The molecule has 0 radical (unpaired) electrons. The van der Waals surface area contributed by atoms with Gasteiger partial charge in [-0.2, -0.15) is 13.2 Å². The number of alkyl halides is 3. The molecule has 3 aromatic rings. The Bertz CT molecular complexity index is 1190. The van der Waals surface area contributed by atoms with E-state index in [0.29, 0.717) is 43.8 Å². The van der Waals surface area contributed by atoms with E-state index >= 15 is 0 Å². The summed E-state index contributed by atoms with van der Waals surface area (Å²) < 4.78 is 44.5. The number of hydrogen-bond donors (Lipinski definition) is 0. The highest BCUT2D eigenvalue weighted by Gasteiger charge is 2.34. The summed E-state index contributed by atoms with van der Waals surface area (Å²) >= 11 is 0.